The molecule has 0 aromatic heterocycles. The Morgan fingerprint density at radius 1 is 1.32 bits per heavy atom. The van der Waals surface area contributed by atoms with Gasteiger partial charge in [0.25, 0.3) is 0 Å². The summed E-state index contributed by atoms with van der Waals surface area (Å²) in [6, 6.07) is 8.14. The zero-order chi connectivity index (χ0) is 14.7. The second kappa shape index (κ2) is 5.71. The Morgan fingerprint density at radius 2 is 1.84 bits per heavy atom. The van der Waals surface area contributed by atoms with Crippen LogP contribution in [0.15, 0.2) is 30.3 Å². The van der Waals surface area contributed by atoms with Crippen molar-refractivity contribution in [3.63, 3.8) is 0 Å². The molecular weight excluding hydrogens is 264 g/mol. The molecule has 0 radical (unpaired) electrons. The van der Waals surface area contributed by atoms with Crippen LogP contribution in [0, 0.1) is 0 Å². The number of carbonyl (C=O) groups excluding carboxylic acids is 1. The maximum absolute atomic E-state index is 11.9. The molecule has 3 N–H and O–H groups in total. The van der Waals surface area contributed by atoms with E-state index in [1.807, 2.05) is 6.07 Å². The molecule has 0 saturated heterocycles. The highest BCUT2D eigenvalue weighted by Crippen LogP contribution is 2.14. The summed E-state index contributed by atoms with van der Waals surface area (Å²) in [6.07, 6.45) is 1.15. The summed E-state index contributed by atoms with van der Waals surface area (Å²) in [7, 11) is -3.24. The van der Waals surface area contributed by atoms with Crippen molar-refractivity contribution in [1.29, 1.82) is 0 Å². The number of hydrogen-bond acceptors (Lipinski definition) is 4. The van der Waals surface area contributed by atoms with E-state index in [0.29, 0.717) is 5.56 Å². The van der Waals surface area contributed by atoms with Crippen molar-refractivity contribution in [3.05, 3.63) is 35.9 Å². The number of hydrogen-bond donors (Lipinski definition) is 2. The molecule has 0 saturated carbocycles. The average molecular weight is 284 g/mol. The van der Waals surface area contributed by atoms with Gasteiger partial charge in [0.2, 0.25) is 5.91 Å². The standard InChI is InChI=1S/C13H20N2O3S/c1-13(2,19(3,17)18)9-15-12(16)11(14)10-7-5-4-6-8-10/h4-8,11H,9,14H2,1-3H3,(H,15,16)/t11-/m0/s1. The molecule has 1 rings (SSSR count). The van der Waals surface area contributed by atoms with Crippen LogP contribution in [0.4, 0.5) is 0 Å². The number of rotatable bonds is 5. The lowest BCUT2D eigenvalue weighted by atomic mass is 10.1. The molecule has 0 aliphatic carbocycles. The monoisotopic (exact) mass is 284 g/mol. The fourth-order valence-electron chi connectivity index (χ4n) is 1.35. The van der Waals surface area contributed by atoms with E-state index in [0.717, 1.165) is 6.26 Å². The van der Waals surface area contributed by atoms with Gasteiger partial charge in [-0.2, -0.15) is 0 Å². The van der Waals surface area contributed by atoms with E-state index in [9.17, 15) is 13.2 Å². The lowest BCUT2D eigenvalue weighted by molar-refractivity contribution is -0.122. The Hall–Kier alpha value is -1.40. The van der Waals surface area contributed by atoms with Gasteiger partial charge in [-0.25, -0.2) is 8.42 Å². The minimum Gasteiger partial charge on any atom is -0.353 e. The van der Waals surface area contributed by atoms with E-state index in [1.165, 1.54) is 0 Å². The summed E-state index contributed by atoms with van der Waals surface area (Å²) < 4.78 is 22.0. The quantitative estimate of drug-likeness (QED) is 0.829. The molecular formula is C13H20N2O3S. The van der Waals surface area contributed by atoms with Crippen molar-refractivity contribution < 1.29 is 13.2 Å². The van der Waals surface area contributed by atoms with Gasteiger partial charge < -0.3 is 11.1 Å². The first-order valence-corrected chi connectivity index (χ1v) is 7.82. The maximum atomic E-state index is 11.9. The predicted molar refractivity (Wildman–Crippen MR) is 75.3 cm³/mol. The van der Waals surface area contributed by atoms with Gasteiger partial charge in [0, 0.05) is 12.8 Å². The van der Waals surface area contributed by atoms with Crippen LogP contribution in [-0.4, -0.2) is 31.9 Å². The van der Waals surface area contributed by atoms with E-state index >= 15 is 0 Å². The summed E-state index contributed by atoms with van der Waals surface area (Å²) in [4.78, 5) is 11.9. The van der Waals surface area contributed by atoms with E-state index in [-0.39, 0.29) is 12.5 Å². The highest BCUT2D eigenvalue weighted by Gasteiger charge is 2.31. The Morgan fingerprint density at radius 3 is 2.32 bits per heavy atom. The maximum Gasteiger partial charge on any atom is 0.241 e. The van der Waals surface area contributed by atoms with Crippen LogP contribution in [0.1, 0.15) is 25.5 Å². The topological polar surface area (TPSA) is 89.3 Å². The Kier molecular flexibility index (Phi) is 4.70. The molecule has 1 amide bonds. The lowest BCUT2D eigenvalue weighted by Gasteiger charge is -2.23. The van der Waals surface area contributed by atoms with Gasteiger partial charge in [-0.05, 0) is 19.4 Å². The van der Waals surface area contributed by atoms with Gasteiger partial charge in [-0.1, -0.05) is 30.3 Å². The molecule has 1 atom stereocenters. The van der Waals surface area contributed by atoms with Crippen LogP contribution in [0.2, 0.25) is 0 Å². The summed E-state index contributed by atoms with van der Waals surface area (Å²) in [5, 5.41) is 2.58. The molecule has 0 unspecified atom stereocenters. The number of nitrogens with one attached hydrogen (secondary N) is 1. The van der Waals surface area contributed by atoms with Crippen molar-refractivity contribution in [3.8, 4) is 0 Å². The highest BCUT2D eigenvalue weighted by atomic mass is 32.2. The van der Waals surface area contributed by atoms with E-state index in [2.05, 4.69) is 5.32 Å². The number of amides is 1. The third kappa shape index (κ3) is 4.04. The lowest BCUT2D eigenvalue weighted by Crippen LogP contribution is -2.46. The fraction of sp³-hybridized carbons (Fsp3) is 0.462. The Bertz CT molecular complexity index is 538. The first kappa shape index (κ1) is 15.7. The van der Waals surface area contributed by atoms with Crippen LogP contribution in [0.5, 0.6) is 0 Å². The third-order valence-electron chi connectivity index (χ3n) is 3.13. The second-order valence-corrected chi connectivity index (χ2v) is 7.79. The molecule has 0 heterocycles. The van der Waals surface area contributed by atoms with Crippen LogP contribution < -0.4 is 11.1 Å². The molecule has 0 aliphatic heterocycles. The number of carbonyl (C=O) groups is 1. The molecule has 0 bridgehead atoms. The molecule has 5 nitrogen and oxygen atoms in total. The summed E-state index contributed by atoms with van der Waals surface area (Å²) in [5.74, 6) is -0.386. The summed E-state index contributed by atoms with van der Waals surface area (Å²) in [5.41, 5.74) is 6.51. The zero-order valence-electron chi connectivity index (χ0n) is 11.4. The predicted octanol–water partition coefficient (Wildman–Crippen LogP) is 0.626. The van der Waals surface area contributed by atoms with Crippen molar-refractivity contribution in [2.24, 2.45) is 5.73 Å². The Balaban J connectivity index is 2.67. The number of benzene rings is 1. The third-order valence-corrected chi connectivity index (χ3v) is 5.29. The zero-order valence-corrected chi connectivity index (χ0v) is 12.2. The largest absolute Gasteiger partial charge is 0.353 e. The van der Waals surface area contributed by atoms with Gasteiger partial charge in [0.05, 0.1) is 4.75 Å². The van der Waals surface area contributed by atoms with Crippen LogP contribution in [0.25, 0.3) is 0 Å². The number of nitrogens with two attached hydrogens (primary N) is 1. The Labute approximate surface area is 114 Å². The first-order valence-electron chi connectivity index (χ1n) is 5.93. The van der Waals surface area contributed by atoms with Crippen molar-refractivity contribution in [1.82, 2.24) is 5.32 Å². The normalized spacial score (nSPS) is 13.9. The SMILES string of the molecule is CC(C)(CNC(=O)[C@@H](N)c1ccccc1)S(C)(=O)=O. The molecule has 19 heavy (non-hydrogen) atoms. The van der Waals surface area contributed by atoms with Crippen LogP contribution in [0.3, 0.4) is 0 Å². The minimum atomic E-state index is -3.24. The van der Waals surface area contributed by atoms with Crippen molar-refractivity contribution in [2.45, 2.75) is 24.6 Å². The molecule has 0 spiro atoms. The van der Waals surface area contributed by atoms with Gasteiger partial charge >= 0.3 is 0 Å². The van der Waals surface area contributed by atoms with E-state index in [4.69, 9.17) is 5.73 Å². The van der Waals surface area contributed by atoms with Crippen molar-refractivity contribution >= 4 is 15.7 Å². The van der Waals surface area contributed by atoms with Gasteiger partial charge in [-0.3, -0.25) is 4.79 Å². The molecule has 1 aromatic carbocycles. The molecule has 6 heteroatoms. The molecule has 1 aromatic rings. The molecule has 106 valence electrons. The highest BCUT2D eigenvalue weighted by molar-refractivity contribution is 7.92. The second-order valence-electron chi connectivity index (χ2n) is 5.14. The van der Waals surface area contributed by atoms with Gasteiger partial charge in [-0.15, -0.1) is 0 Å². The average Bonchev–Trinajstić information content (AvgIpc) is 2.35. The van der Waals surface area contributed by atoms with Gasteiger partial charge in [0.15, 0.2) is 9.84 Å². The minimum absolute atomic E-state index is 0.0329. The fourth-order valence-corrected chi connectivity index (χ4v) is 1.69. The first-order chi connectivity index (χ1) is 8.65. The summed E-state index contributed by atoms with van der Waals surface area (Å²) >= 11 is 0. The van der Waals surface area contributed by atoms with E-state index < -0.39 is 20.6 Å². The number of sulfone groups is 1. The molecule has 0 aliphatic rings. The van der Waals surface area contributed by atoms with Crippen LogP contribution >= 0.6 is 0 Å². The van der Waals surface area contributed by atoms with Gasteiger partial charge in [0.1, 0.15) is 6.04 Å². The van der Waals surface area contributed by atoms with Crippen molar-refractivity contribution in [2.75, 3.05) is 12.8 Å². The molecule has 0 fully saturated rings. The smallest absolute Gasteiger partial charge is 0.241 e. The van der Waals surface area contributed by atoms with E-state index in [1.54, 1.807) is 38.1 Å². The van der Waals surface area contributed by atoms with Crippen LogP contribution in [-0.2, 0) is 14.6 Å². The summed E-state index contributed by atoms with van der Waals surface area (Å²) in [6.45, 7) is 3.17.